The van der Waals surface area contributed by atoms with Gasteiger partial charge in [0.2, 0.25) is 0 Å². The number of nitrogens with one attached hydrogen (secondary N) is 1. The first-order valence-electron chi connectivity index (χ1n) is 9.17. The number of hydrogen-bond donors (Lipinski definition) is 1. The van der Waals surface area contributed by atoms with E-state index in [1.165, 1.54) is 37.0 Å². The third-order valence-corrected chi connectivity index (χ3v) is 5.64. The van der Waals surface area contributed by atoms with E-state index in [4.69, 9.17) is 4.74 Å². The molecule has 0 aliphatic heterocycles. The van der Waals surface area contributed by atoms with Gasteiger partial charge in [0.05, 0.1) is 6.61 Å². The van der Waals surface area contributed by atoms with Crippen molar-refractivity contribution in [2.45, 2.75) is 44.6 Å². The maximum Gasteiger partial charge on any atom is 0.123 e. The first-order chi connectivity index (χ1) is 12.0. The largest absolute Gasteiger partial charge is 0.493 e. The molecule has 0 amide bonds. The molecule has 0 unspecified atom stereocenters. The molecule has 0 saturated heterocycles. The highest BCUT2D eigenvalue weighted by Gasteiger charge is 2.26. The Hall–Kier alpha value is -1.87. The van der Waals surface area contributed by atoms with E-state index < -0.39 is 0 Å². The van der Waals surface area contributed by atoms with Crippen LogP contribution in [0.2, 0.25) is 0 Å². The summed E-state index contributed by atoms with van der Waals surface area (Å²) < 4.78 is 19.2. The standard InChI is InChI=1S/C22H28FNO/c1-22(2,17-7-11-19(23)12-8-17)18-9-13-20(14-10-18)25-15-16-5-4-6-21(16)24-3/h7-14,16,21,24H,4-6,15H2,1-3H3/t16-,21-/m1/s1. The van der Waals surface area contributed by atoms with Crippen LogP contribution in [0.5, 0.6) is 5.75 Å². The van der Waals surface area contributed by atoms with Gasteiger partial charge >= 0.3 is 0 Å². The van der Waals surface area contributed by atoms with Crippen molar-refractivity contribution >= 4 is 0 Å². The van der Waals surface area contributed by atoms with Crippen molar-refractivity contribution in [2.75, 3.05) is 13.7 Å². The number of rotatable bonds is 6. The van der Waals surface area contributed by atoms with Crippen LogP contribution in [0.3, 0.4) is 0 Å². The maximum atomic E-state index is 13.2. The predicted molar refractivity (Wildman–Crippen MR) is 101 cm³/mol. The zero-order valence-corrected chi connectivity index (χ0v) is 15.4. The summed E-state index contributed by atoms with van der Waals surface area (Å²) in [7, 11) is 2.04. The summed E-state index contributed by atoms with van der Waals surface area (Å²) >= 11 is 0. The van der Waals surface area contributed by atoms with Gasteiger partial charge in [-0.15, -0.1) is 0 Å². The summed E-state index contributed by atoms with van der Waals surface area (Å²) in [5, 5.41) is 3.39. The average molecular weight is 341 g/mol. The van der Waals surface area contributed by atoms with Crippen LogP contribution in [0.4, 0.5) is 4.39 Å². The van der Waals surface area contributed by atoms with Gasteiger partial charge in [-0.2, -0.15) is 0 Å². The molecule has 134 valence electrons. The quantitative estimate of drug-likeness (QED) is 0.805. The normalized spacial score (nSPS) is 20.6. The van der Waals surface area contributed by atoms with Crippen molar-refractivity contribution in [1.29, 1.82) is 0 Å². The van der Waals surface area contributed by atoms with Crippen LogP contribution in [-0.4, -0.2) is 19.7 Å². The lowest BCUT2D eigenvalue weighted by atomic mass is 9.78. The van der Waals surface area contributed by atoms with Gasteiger partial charge in [-0.25, -0.2) is 4.39 Å². The van der Waals surface area contributed by atoms with Crippen molar-refractivity contribution in [2.24, 2.45) is 5.92 Å². The van der Waals surface area contributed by atoms with Gasteiger partial charge in [-0.1, -0.05) is 44.5 Å². The second-order valence-electron chi connectivity index (χ2n) is 7.55. The van der Waals surface area contributed by atoms with E-state index >= 15 is 0 Å². The van der Waals surface area contributed by atoms with Crippen LogP contribution in [0, 0.1) is 11.7 Å². The summed E-state index contributed by atoms with van der Waals surface area (Å²) in [4.78, 5) is 0. The number of benzene rings is 2. The first-order valence-corrected chi connectivity index (χ1v) is 9.17. The van der Waals surface area contributed by atoms with E-state index in [-0.39, 0.29) is 11.2 Å². The minimum Gasteiger partial charge on any atom is -0.493 e. The van der Waals surface area contributed by atoms with Crippen molar-refractivity contribution < 1.29 is 9.13 Å². The Morgan fingerprint density at radius 2 is 1.60 bits per heavy atom. The molecule has 1 fully saturated rings. The van der Waals surface area contributed by atoms with Crippen LogP contribution in [-0.2, 0) is 5.41 Å². The minimum atomic E-state index is -0.199. The van der Waals surface area contributed by atoms with E-state index in [9.17, 15) is 4.39 Å². The van der Waals surface area contributed by atoms with Crippen molar-refractivity contribution in [3.8, 4) is 5.75 Å². The fourth-order valence-electron chi connectivity index (χ4n) is 3.82. The lowest BCUT2D eigenvalue weighted by molar-refractivity contribution is 0.229. The molecule has 1 aliphatic carbocycles. The molecule has 2 aromatic carbocycles. The van der Waals surface area contributed by atoms with Gasteiger partial charge in [-0.05, 0) is 55.3 Å². The summed E-state index contributed by atoms with van der Waals surface area (Å²) in [5.74, 6) is 1.32. The van der Waals surface area contributed by atoms with Crippen molar-refractivity contribution in [3.63, 3.8) is 0 Å². The SMILES string of the molecule is CN[C@@H]1CCC[C@@H]1COc1ccc(C(C)(C)c2ccc(F)cc2)cc1. The fraction of sp³-hybridized carbons (Fsp3) is 0.455. The zero-order chi connectivity index (χ0) is 17.9. The average Bonchev–Trinajstić information content (AvgIpc) is 3.08. The highest BCUT2D eigenvalue weighted by atomic mass is 19.1. The molecule has 1 saturated carbocycles. The number of ether oxygens (including phenoxy) is 1. The first kappa shape index (κ1) is 17.9. The minimum absolute atomic E-state index is 0.172. The Bertz CT molecular complexity index is 678. The summed E-state index contributed by atoms with van der Waals surface area (Å²) in [6.45, 7) is 5.09. The molecule has 0 radical (unpaired) electrons. The molecule has 2 atom stereocenters. The zero-order valence-electron chi connectivity index (χ0n) is 15.4. The van der Waals surface area contributed by atoms with Gasteiger partial charge in [0.1, 0.15) is 11.6 Å². The Kier molecular flexibility index (Phi) is 5.43. The van der Waals surface area contributed by atoms with Crippen LogP contribution in [0.25, 0.3) is 0 Å². The second-order valence-corrected chi connectivity index (χ2v) is 7.55. The topological polar surface area (TPSA) is 21.3 Å². The second kappa shape index (κ2) is 7.57. The third-order valence-electron chi connectivity index (χ3n) is 5.64. The van der Waals surface area contributed by atoms with Crippen molar-refractivity contribution in [1.82, 2.24) is 5.32 Å². The lowest BCUT2D eigenvalue weighted by Crippen LogP contribution is -2.32. The molecule has 0 bridgehead atoms. The molecule has 1 aliphatic rings. The van der Waals surface area contributed by atoms with E-state index in [1.807, 2.05) is 31.3 Å². The van der Waals surface area contributed by atoms with Gasteiger partial charge in [-0.3, -0.25) is 0 Å². The number of hydrogen-bond acceptors (Lipinski definition) is 2. The molecule has 0 heterocycles. The monoisotopic (exact) mass is 341 g/mol. The van der Waals surface area contributed by atoms with Crippen LogP contribution >= 0.6 is 0 Å². The Labute approximate surface area is 150 Å². The molecule has 1 N–H and O–H groups in total. The molecule has 25 heavy (non-hydrogen) atoms. The highest BCUT2D eigenvalue weighted by Crippen LogP contribution is 2.33. The fourth-order valence-corrected chi connectivity index (χ4v) is 3.82. The van der Waals surface area contributed by atoms with Gasteiger partial charge in [0.15, 0.2) is 0 Å². The van der Waals surface area contributed by atoms with E-state index in [0.717, 1.165) is 17.9 Å². The predicted octanol–water partition coefficient (Wildman–Crippen LogP) is 4.92. The molecule has 2 aromatic rings. The van der Waals surface area contributed by atoms with Crippen LogP contribution in [0.15, 0.2) is 48.5 Å². The van der Waals surface area contributed by atoms with Gasteiger partial charge in [0.25, 0.3) is 0 Å². The molecular weight excluding hydrogens is 313 g/mol. The highest BCUT2D eigenvalue weighted by molar-refractivity contribution is 5.40. The molecule has 3 heteroatoms. The number of halogens is 1. The molecule has 0 aromatic heterocycles. The molecular formula is C22H28FNO. The van der Waals surface area contributed by atoms with E-state index in [0.29, 0.717) is 12.0 Å². The maximum absolute atomic E-state index is 13.2. The van der Waals surface area contributed by atoms with Crippen LogP contribution < -0.4 is 10.1 Å². The van der Waals surface area contributed by atoms with Gasteiger partial charge in [0, 0.05) is 17.4 Å². The van der Waals surface area contributed by atoms with E-state index in [1.54, 1.807) is 0 Å². The molecule has 2 nitrogen and oxygen atoms in total. The third kappa shape index (κ3) is 4.04. The lowest BCUT2D eigenvalue weighted by Gasteiger charge is -2.26. The Morgan fingerprint density at radius 1 is 1.00 bits per heavy atom. The smallest absolute Gasteiger partial charge is 0.123 e. The Balaban J connectivity index is 1.66. The summed E-state index contributed by atoms with van der Waals surface area (Å²) in [6.07, 6.45) is 3.76. The Morgan fingerprint density at radius 3 is 2.20 bits per heavy atom. The van der Waals surface area contributed by atoms with Gasteiger partial charge < -0.3 is 10.1 Å². The van der Waals surface area contributed by atoms with Crippen molar-refractivity contribution in [3.05, 3.63) is 65.5 Å². The summed E-state index contributed by atoms with van der Waals surface area (Å²) in [5.41, 5.74) is 2.13. The molecule has 3 rings (SSSR count). The molecule has 0 spiro atoms. The van der Waals surface area contributed by atoms with Crippen LogP contribution in [0.1, 0.15) is 44.2 Å². The van der Waals surface area contributed by atoms with E-state index in [2.05, 4.69) is 31.3 Å². The summed E-state index contributed by atoms with van der Waals surface area (Å²) in [6, 6.07) is 15.7.